The predicted molar refractivity (Wildman–Crippen MR) is 117 cm³/mol. The number of amides is 3. The molecule has 3 aliphatic heterocycles. The number of rotatable bonds is 7. The summed E-state index contributed by atoms with van der Waals surface area (Å²) in [5, 5.41) is 10.5. The van der Waals surface area contributed by atoms with Crippen molar-refractivity contribution in [2.45, 2.75) is 48.9 Å². The highest BCUT2D eigenvalue weighted by atomic mass is 32.2. The summed E-state index contributed by atoms with van der Waals surface area (Å²) >= 11 is 0. The number of nitriles is 1. The minimum absolute atomic E-state index is 0.128. The van der Waals surface area contributed by atoms with Gasteiger partial charge in [-0.15, -0.1) is 0 Å². The van der Waals surface area contributed by atoms with Crippen LogP contribution in [0, 0.1) is 29.1 Å². The second-order valence-corrected chi connectivity index (χ2v) is 12.3. The number of ether oxygens (including phenoxy) is 1. The highest BCUT2D eigenvalue weighted by Gasteiger charge is 2.54. The zero-order valence-electron chi connectivity index (χ0n) is 18.9. The first-order chi connectivity index (χ1) is 15.7. The van der Waals surface area contributed by atoms with E-state index < -0.39 is 26.7 Å². The van der Waals surface area contributed by atoms with Crippen molar-refractivity contribution >= 4 is 22.0 Å². The summed E-state index contributed by atoms with van der Waals surface area (Å²) in [6, 6.07) is 1.52. The monoisotopic (exact) mass is 480 g/mol. The molecule has 0 aromatic rings. The van der Waals surface area contributed by atoms with E-state index in [-0.39, 0.29) is 36.2 Å². The van der Waals surface area contributed by atoms with Crippen LogP contribution < -0.4 is 10.1 Å². The van der Waals surface area contributed by atoms with Crippen molar-refractivity contribution in [3.8, 4) is 6.07 Å². The number of carbonyl (C=O) groups is 2. The zero-order valence-corrected chi connectivity index (χ0v) is 19.7. The maximum atomic E-state index is 13.5. The van der Waals surface area contributed by atoms with Gasteiger partial charge in [0.2, 0.25) is 15.9 Å². The molecule has 2 N–H and O–H groups in total. The average Bonchev–Trinajstić information content (AvgIpc) is 3.40. The Bertz CT molecular complexity index is 959. The van der Waals surface area contributed by atoms with Gasteiger partial charge < -0.3 is 9.64 Å². The Labute approximate surface area is 194 Å². The van der Waals surface area contributed by atoms with Crippen molar-refractivity contribution in [1.82, 2.24) is 25.0 Å². The minimum Gasteiger partial charge on any atom is -0.381 e. The molecule has 4 unspecified atom stereocenters. The normalized spacial score (nSPS) is 34.7. The van der Waals surface area contributed by atoms with Gasteiger partial charge in [-0.2, -0.15) is 9.98 Å². The molecule has 0 aromatic carbocycles. The molecule has 3 saturated heterocycles. The van der Waals surface area contributed by atoms with E-state index in [0.29, 0.717) is 58.5 Å². The van der Waals surface area contributed by atoms with E-state index in [1.54, 1.807) is 4.90 Å². The number of nitrogens with zero attached hydrogens (tertiary/aromatic N) is 4. The molecule has 11 nitrogen and oxygen atoms in total. The molecule has 0 spiro atoms. The van der Waals surface area contributed by atoms with Crippen LogP contribution in [0.4, 0.5) is 4.79 Å². The third-order valence-electron chi connectivity index (χ3n) is 7.75. The van der Waals surface area contributed by atoms with Gasteiger partial charge >= 0.3 is 6.03 Å². The fourth-order valence-corrected chi connectivity index (χ4v) is 7.44. The van der Waals surface area contributed by atoms with Gasteiger partial charge in [0.15, 0.2) is 0 Å². The molecular weight excluding hydrogens is 448 g/mol. The van der Waals surface area contributed by atoms with E-state index in [1.165, 1.54) is 4.90 Å². The molecule has 182 valence electrons. The fraction of sp³-hybridized carbons (Fsp3) is 0.857. The quantitative estimate of drug-likeness (QED) is 0.497. The Morgan fingerprint density at radius 2 is 1.97 bits per heavy atom. The van der Waals surface area contributed by atoms with Crippen molar-refractivity contribution in [2.24, 2.45) is 17.8 Å². The standard InChI is InChI=1S/C21H32N6O5S/c1-25-8-14(7-23-25)9-27-19(28)17-6-16(33(30,31)24-21(13-22)4-5-21)2-3-18(17)26(20(27)29)10-15-11-32-12-15/h14-18,23-24H,2-12H2,1H3. The molecule has 12 heteroatoms. The zero-order chi connectivity index (χ0) is 23.4. The fourth-order valence-electron chi connectivity index (χ4n) is 5.58. The molecule has 2 saturated carbocycles. The van der Waals surface area contributed by atoms with Gasteiger partial charge in [0, 0.05) is 51.1 Å². The number of imide groups is 1. The van der Waals surface area contributed by atoms with Crippen LogP contribution in [-0.4, -0.2) is 98.4 Å². The van der Waals surface area contributed by atoms with Crippen LogP contribution in [0.15, 0.2) is 0 Å². The van der Waals surface area contributed by atoms with Gasteiger partial charge in [0.1, 0.15) is 5.54 Å². The Kier molecular flexibility index (Phi) is 5.89. The second-order valence-electron chi connectivity index (χ2n) is 10.3. The average molecular weight is 481 g/mol. The maximum Gasteiger partial charge on any atom is 0.326 e. The molecule has 5 rings (SSSR count). The number of nitrogens with one attached hydrogen (secondary N) is 2. The van der Waals surface area contributed by atoms with E-state index in [0.717, 1.165) is 6.54 Å². The largest absolute Gasteiger partial charge is 0.381 e. The van der Waals surface area contributed by atoms with Crippen LogP contribution in [0.5, 0.6) is 0 Å². The minimum atomic E-state index is -3.74. The molecule has 5 fully saturated rings. The number of sulfonamides is 1. The number of carbonyl (C=O) groups excluding carboxylic acids is 2. The molecule has 0 bridgehead atoms. The van der Waals surface area contributed by atoms with Gasteiger partial charge in [-0.05, 0) is 32.1 Å². The summed E-state index contributed by atoms with van der Waals surface area (Å²) < 4.78 is 34.0. The first kappa shape index (κ1) is 23.0. The smallest absolute Gasteiger partial charge is 0.326 e. The molecule has 3 amide bonds. The molecule has 5 aliphatic rings. The van der Waals surface area contributed by atoms with Gasteiger partial charge in [0.25, 0.3) is 0 Å². The molecule has 3 heterocycles. The van der Waals surface area contributed by atoms with Crippen molar-refractivity contribution in [3.05, 3.63) is 0 Å². The summed E-state index contributed by atoms with van der Waals surface area (Å²) in [6.07, 6.45) is 2.04. The first-order valence-electron chi connectivity index (χ1n) is 11.8. The predicted octanol–water partition coefficient (Wildman–Crippen LogP) is -0.524. The van der Waals surface area contributed by atoms with Crippen LogP contribution in [-0.2, 0) is 19.6 Å². The number of urea groups is 1. The van der Waals surface area contributed by atoms with Crippen LogP contribution in [0.1, 0.15) is 32.1 Å². The summed E-state index contributed by atoms with van der Waals surface area (Å²) in [5.41, 5.74) is 2.23. The van der Waals surface area contributed by atoms with Gasteiger partial charge in [-0.3, -0.25) is 15.1 Å². The van der Waals surface area contributed by atoms with Crippen LogP contribution >= 0.6 is 0 Å². The molecule has 2 aliphatic carbocycles. The van der Waals surface area contributed by atoms with E-state index in [4.69, 9.17) is 4.74 Å². The lowest BCUT2D eigenvalue weighted by molar-refractivity contribution is -0.142. The Balaban J connectivity index is 1.35. The highest BCUT2D eigenvalue weighted by Crippen LogP contribution is 2.40. The van der Waals surface area contributed by atoms with Gasteiger partial charge in [-0.25, -0.2) is 18.2 Å². The SMILES string of the molecule is CN1CC(CN2C(=O)C3CC(S(=O)(=O)NC4(C#N)CC4)CCC3N(CC3COC3)C2=O)CN1. The van der Waals surface area contributed by atoms with Crippen LogP contribution in [0.25, 0.3) is 0 Å². The summed E-state index contributed by atoms with van der Waals surface area (Å²) in [4.78, 5) is 30.1. The molecular formula is C21H32N6O5S. The van der Waals surface area contributed by atoms with E-state index in [9.17, 15) is 23.3 Å². The number of hydrazine groups is 1. The van der Waals surface area contributed by atoms with Gasteiger partial charge in [0.05, 0.1) is 30.5 Å². The van der Waals surface area contributed by atoms with Crippen LogP contribution in [0.3, 0.4) is 0 Å². The third kappa shape index (κ3) is 4.37. The van der Waals surface area contributed by atoms with Crippen molar-refractivity contribution in [2.75, 3.05) is 46.4 Å². The Morgan fingerprint density at radius 1 is 1.21 bits per heavy atom. The Hall–Kier alpha value is -1.78. The summed E-state index contributed by atoms with van der Waals surface area (Å²) in [6.45, 7) is 3.48. The van der Waals surface area contributed by atoms with Crippen molar-refractivity contribution in [1.29, 1.82) is 5.26 Å². The summed E-state index contributed by atoms with van der Waals surface area (Å²) in [5.74, 6) is -0.439. The van der Waals surface area contributed by atoms with Crippen molar-refractivity contribution < 1.29 is 22.7 Å². The highest BCUT2D eigenvalue weighted by molar-refractivity contribution is 7.90. The number of fused-ring (bicyclic) bond motifs is 1. The number of hydrogen-bond acceptors (Lipinski definition) is 8. The van der Waals surface area contributed by atoms with Crippen molar-refractivity contribution in [3.63, 3.8) is 0 Å². The van der Waals surface area contributed by atoms with Crippen LogP contribution in [0.2, 0.25) is 0 Å². The van der Waals surface area contributed by atoms with Gasteiger partial charge in [-0.1, -0.05) is 0 Å². The van der Waals surface area contributed by atoms with E-state index in [1.807, 2.05) is 12.1 Å². The van der Waals surface area contributed by atoms with E-state index in [2.05, 4.69) is 16.2 Å². The maximum absolute atomic E-state index is 13.5. The lowest BCUT2D eigenvalue weighted by Gasteiger charge is -2.50. The third-order valence-corrected chi connectivity index (χ3v) is 9.73. The summed E-state index contributed by atoms with van der Waals surface area (Å²) in [7, 11) is -1.82. The molecule has 33 heavy (non-hydrogen) atoms. The Morgan fingerprint density at radius 3 is 2.55 bits per heavy atom. The lowest BCUT2D eigenvalue weighted by atomic mass is 9.80. The number of hydrogen-bond donors (Lipinski definition) is 2. The second kappa shape index (κ2) is 8.46. The molecule has 0 aromatic heterocycles. The first-order valence-corrected chi connectivity index (χ1v) is 13.3. The lowest BCUT2D eigenvalue weighted by Crippen LogP contribution is -2.66. The molecule has 0 radical (unpaired) electrons. The topological polar surface area (TPSA) is 135 Å². The van der Waals surface area contributed by atoms with E-state index >= 15 is 0 Å². The molecule has 4 atom stereocenters.